The molecule has 4 aliphatic rings. The molecule has 3 aliphatic carbocycles. The molecule has 0 bridgehead atoms. The van der Waals surface area contributed by atoms with E-state index in [4.69, 9.17) is 4.74 Å². The normalized spacial score (nSPS) is 36.0. The van der Waals surface area contributed by atoms with Gasteiger partial charge in [0.1, 0.15) is 23.6 Å². The largest absolute Gasteiger partial charge is 0.507 e. The van der Waals surface area contributed by atoms with Gasteiger partial charge in [0.25, 0.3) is 0 Å². The van der Waals surface area contributed by atoms with E-state index in [0.717, 1.165) is 25.9 Å². The summed E-state index contributed by atoms with van der Waals surface area (Å²) in [7, 11) is 0. The number of aromatic hydroxyl groups is 1. The molecule has 5 rings (SSSR count). The highest BCUT2D eigenvalue weighted by atomic mass is 16.5. The van der Waals surface area contributed by atoms with Crippen LogP contribution in [0.1, 0.15) is 89.6 Å². The van der Waals surface area contributed by atoms with Crippen LogP contribution in [0.2, 0.25) is 0 Å². The Labute approximate surface area is 252 Å². The number of likely N-dealkylation sites (tertiary alicyclic amines) is 1. The summed E-state index contributed by atoms with van der Waals surface area (Å²) in [5.74, 6) is -8.10. The predicted molar refractivity (Wildman–Crippen MR) is 157 cm³/mol. The molecular weight excluding hydrogens is 550 g/mol. The smallest absolute Gasteiger partial charge is 0.307 e. The standard InChI is InChI=1S/C34H43NO8/c1-17(2)26-18(3)24(20(5)36)29(40)34(42)30(41)27-28(39)25-21(11-10-12-22(25)37)19(4)32(27,6)31(33(26,34)7)43-23(38)13-16-35-14-8-9-15-35/h10-12,17,19,24,27,31,37,42H,8-9,13-16H2,1-7H3/t19-,24?,27?,31-,32+,33+,34+/m0/s1. The Bertz CT molecular complexity index is 1450. The maximum absolute atomic E-state index is 14.7. The van der Waals surface area contributed by atoms with Gasteiger partial charge in [-0.25, -0.2) is 0 Å². The average molecular weight is 594 g/mol. The summed E-state index contributed by atoms with van der Waals surface area (Å²) in [6.07, 6.45) is 0.871. The van der Waals surface area contributed by atoms with E-state index in [-0.39, 0.29) is 23.7 Å². The first-order valence-corrected chi connectivity index (χ1v) is 15.4. The summed E-state index contributed by atoms with van der Waals surface area (Å²) in [6.45, 7) is 14.0. The monoisotopic (exact) mass is 593 g/mol. The Kier molecular flexibility index (Phi) is 7.62. The van der Waals surface area contributed by atoms with E-state index in [9.17, 15) is 34.2 Å². The number of esters is 1. The molecule has 0 amide bonds. The van der Waals surface area contributed by atoms with Crippen LogP contribution in [0.4, 0.5) is 0 Å². The van der Waals surface area contributed by atoms with E-state index in [1.54, 1.807) is 32.9 Å². The molecule has 9 heteroatoms. The fourth-order valence-corrected chi connectivity index (χ4v) is 9.17. The van der Waals surface area contributed by atoms with Gasteiger partial charge < -0.3 is 19.8 Å². The van der Waals surface area contributed by atoms with Crippen molar-refractivity contribution in [3.05, 3.63) is 40.5 Å². The predicted octanol–water partition coefficient (Wildman–Crippen LogP) is 3.79. The van der Waals surface area contributed by atoms with Gasteiger partial charge in [0.15, 0.2) is 23.0 Å². The number of phenolic OH excluding ortho intramolecular Hbond substituents is 1. The van der Waals surface area contributed by atoms with Crippen molar-refractivity contribution in [3.63, 3.8) is 0 Å². The minimum absolute atomic E-state index is 0.0423. The van der Waals surface area contributed by atoms with Gasteiger partial charge in [-0.05, 0) is 70.2 Å². The first-order valence-electron chi connectivity index (χ1n) is 15.4. The zero-order chi connectivity index (χ0) is 31.8. The van der Waals surface area contributed by atoms with Crippen LogP contribution in [0.25, 0.3) is 0 Å². The second-order valence-electron chi connectivity index (χ2n) is 13.7. The third-order valence-electron chi connectivity index (χ3n) is 11.2. The number of fused-ring (bicyclic) bond motifs is 3. The van der Waals surface area contributed by atoms with E-state index in [0.29, 0.717) is 23.3 Å². The highest BCUT2D eigenvalue weighted by molar-refractivity contribution is 6.27. The van der Waals surface area contributed by atoms with Crippen molar-refractivity contribution in [2.45, 2.75) is 85.4 Å². The Morgan fingerprint density at radius 1 is 1.09 bits per heavy atom. The Balaban J connectivity index is 1.78. The quantitative estimate of drug-likeness (QED) is 0.287. The number of nitrogens with zero attached hydrogens (tertiary/aromatic N) is 1. The van der Waals surface area contributed by atoms with Gasteiger partial charge in [-0.15, -0.1) is 0 Å². The lowest BCUT2D eigenvalue weighted by Gasteiger charge is -2.65. The highest BCUT2D eigenvalue weighted by Gasteiger charge is 2.79. The molecule has 1 aliphatic heterocycles. The molecule has 1 aromatic carbocycles. The van der Waals surface area contributed by atoms with Crippen molar-refractivity contribution in [1.29, 1.82) is 0 Å². The lowest BCUT2D eigenvalue weighted by atomic mass is 9.38. The molecule has 2 N–H and O–H groups in total. The first kappa shape index (κ1) is 31.3. The minimum Gasteiger partial charge on any atom is -0.507 e. The van der Waals surface area contributed by atoms with Crippen LogP contribution < -0.4 is 0 Å². The molecule has 0 aromatic heterocycles. The number of phenols is 1. The third-order valence-corrected chi connectivity index (χ3v) is 11.2. The molecule has 1 saturated carbocycles. The molecule has 2 fully saturated rings. The first-order chi connectivity index (χ1) is 20.1. The third kappa shape index (κ3) is 4.06. The molecule has 9 nitrogen and oxygen atoms in total. The summed E-state index contributed by atoms with van der Waals surface area (Å²) in [6, 6.07) is 4.68. The Morgan fingerprint density at radius 2 is 1.72 bits per heavy atom. The molecule has 2 unspecified atom stereocenters. The van der Waals surface area contributed by atoms with Gasteiger partial charge in [-0.1, -0.05) is 51.0 Å². The van der Waals surface area contributed by atoms with Gasteiger partial charge in [0.05, 0.1) is 23.3 Å². The van der Waals surface area contributed by atoms with Crippen LogP contribution in [0.15, 0.2) is 29.3 Å². The van der Waals surface area contributed by atoms with Gasteiger partial charge in [0.2, 0.25) is 0 Å². The van der Waals surface area contributed by atoms with E-state index in [1.165, 1.54) is 13.0 Å². The number of ether oxygens (including phenoxy) is 1. The van der Waals surface area contributed by atoms with Crippen molar-refractivity contribution in [2.24, 2.45) is 28.6 Å². The maximum Gasteiger partial charge on any atom is 0.307 e. The number of ketones is 4. The Hall–Kier alpha value is -3.17. The minimum atomic E-state index is -2.83. The van der Waals surface area contributed by atoms with E-state index < -0.39 is 69.4 Å². The van der Waals surface area contributed by atoms with Crippen molar-refractivity contribution >= 4 is 29.1 Å². The Morgan fingerprint density at radius 3 is 2.30 bits per heavy atom. The number of rotatable bonds is 6. The lowest BCUT2D eigenvalue weighted by Crippen LogP contribution is -2.79. The number of hydrogen-bond donors (Lipinski definition) is 2. The molecule has 232 valence electrons. The number of allylic oxidation sites excluding steroid dienone is 1. The van der Waals surface area contributed by atoms with E-state index >= 15 is 0 Å². The second kappa shape index (κ2) is 10.5. The van der Waals surface area contributed by atoms with Crippen LogP contribution in [-0.2, 0) is 23.9 Å². The van der Waals surface area contributed by atoms with Crippen molar-refractivity contribution in [2.75, 3.05) is 19.6 Å². The fraction of sp³-hybridized carbons (Fsp3) is 0.618. The summed E-state index contributed by atoms with van der Waals surface area (Å²) in [5, 5.41) is 23.4. The van der Waals surface area contributed by atoms with Crippen LogP contribution in [0, 0.1) is 28.6 Å². The lowest BCUT2D eigenvalue weighted by molar-refractivity contribution is -0.224. The van der Waals surface area contributed by atoms with Crippen molar-refractivity contribution in [1.82, 2.24) is 4.90 Å². The number of benzene rings is 1. The SMILES string of the molecule is CC(=O)C1C(=O)[C@@]2(O)C(=O)C3C(=O)c4c(O)cccc4[C@H](C)[C@@]3(C)[C@H](OC(=O)CCN3CCCC3)[C@@]2(C)C(C(C)C)=C1C. The van der Waals surface area contributed by atoms with Crippen LogP contribution in [0.3, 0.4) is 0 Å². The maximum atomic E-state index is 14.7. The molecule has 1 heterocycles. The second-order valence-corrected chi connectivity index (χ2v) is 13.7. The summed E-state index contributed by atoms with van der Waals surface area (Å²) in [4.78, 5) is 72.0. The molecule has 7 atom stereocenters. The van der Waals surface area contributed by atoms with Gasteiger partial charge in [-0.3, -0.25) is 24.0 Å². The van der Waals surface area contributed by atoms with Gasteiger partial charge >= 0.3 is 5.97 Å². The van der Waals surface area contributed by atoms with E-state index in [1.807, 2.05) is 20.8 Å². The fourth-order valence-electron chi connectivity index (χ4n) is 9.17. The summed E-state index contributed by atoms with van der Waals surface area (Å²) >= 11 is 0. The zero-order valence-corrected chi connectivity index (χ0v) is 26.2. The van der Waals surface area contributed by atoms with Gasteiger partial charge in [-0.2, -0.15) is 0 Å². The number of carbonyl (C=O) groups is 5. The van der Waals surface area contributed by atoms with Crippen LogP contribution >= 0.6 is 0 Å². The van der Waals surface area contributed by atoms with Crippen LogP contribution in [0.5, 0.6) is 5.75 Å². The molecular formula is C34H43NO8. The molecule has 43 heavy (non-hydrogen) atoms. The molecule has 0 spiro atoms. The van der Waals surface area contributed by atoms with Crippen molar-refractivity contribution in [3.8, 4) is 5.75 Å². The van der Waals surface area contributed by atoms with Gasteiger partial charge in [0, 0.05) is 12.0 Å². The van der Waals surface area contributed by atoms with Crippen LogP contribution in [-0.4, -0.2) is 75.6 Å². The topological polar surface area (TPSA) is 138 Å². The summed E-state index contributed by atoms with van der Waals surface area (Å²) < 4.78 is 6.38. The summed E-state index contributed by atoms with van der Waals surface area (Å²) in [5.41, 5.74) is -4.61. The zero-order valence-electron chi connectivity index (χ0n) is 26.2. The number of Topliss-reactive ketones (excluding diaryl/α,β-unsaturated/α-hetero) is 4. The number of aliphatic hydroxyl groups is 1. The molecule has 0 radical (unpaired) electrons. The highest BCUT2D eigenvalue weighted by Crippen LogP contribution is 2.67. The van der Waals surface area contributed by atoms with Crippen molar-refractivity contribution < 1.29 is 38.9 Å². The number of carbonyl (C=O) groups excluding carboxylic acids is 5. The molecule has 1 saturated heterocycles. The van der Waals surface area contributed by atoms with E-state index in [2.05, 4.69) is 4.90 Å². The number of hydrogen-bond acceptors (Lipinski definition) is 9. The molecule has 1 aromatic rings. The average Bonchev–Trinajstić information content (AvgIpc) is 3.45.